The lowest BCUT2D eigenvalue weighted by Crippen LogP contribution is -2.40. The van der Waals surface area contributed by atoms with Crippen LogP contribution in [0.5, 0.6) is 11.5 Å². The standard InChI is InChI=1S/C22H27NO2.C2H6/c1-7-17-21(14(3)13-22(4,5)23-17)16-12-15-19(24-6)10-9-11-20(15)25-18(16)8-2;1-2/h7,9-13,18,23H,1,8H2,2-6H3;1-2H3. The third-order valence-corrected chi connectivity index (χ3v) is 4.72. The van der Waals surface area contributed by atoms with Crippen molar-refractivity contribution in [1.29, 1.82) is 0 Å². The van der Waals surface area contributed by atoms with E-state index < -0.39 is 0 Å². The minimum atomic E-state index is -0.0928. The van der Waals surface area contributed by atoms with E-state index in [-0.39, 0.29) is 11.6 Å². The molecular weight excluding hydrogens is 334 g/mol. The van der Waals surface area contributed by atoms with Gasteiger partial charge in [0.25, 0.3) is 0 Å². The lowest BCUT2D eigenvalue weighted by molar-refractivity contribution is 0.229. The molecule has 0 amide bonds. The molecule has 0 saturated carbocycles. The van der Waals surface area contributed by atoms with Crippen molar-refractivity contribution in [2.75, 3.05) is 7.11 Å². The highest BCUT2D eigenvalue weighted by molar-refractivity contribution is 5.75. The summed E-state index contributed by atoms with van der Waals surface area (Å²) in [6.45, 7) is 16.7. The summed E-state index contributed by atoms with van der Waals surface area (Å²) >= 11 is 0. The third-order valence-electron chi connectivity index (χ3n) is 4.72. The van der Waals surface area contributed by atoms with Gasteiger partial charge in [0.1, 0.15) is 17.6 Å². The Labute approximate surface area is 164 Å². The van der Waals surface area contributed by atoms with Crippen molar-refractivity contribution in [3.8, 4) is 11.5 Å². The topological polar surface area (TPSA) is 30.5 Å². The Hall–Kier alpha value is -2.42. The second-order valence-electron chi connectivity index (χ2n) is 7.15. The van der Waals surface area contributed by atoms with Crippen LogP contribution in [-0.4, -0.2) is 18.8 Å². The molecule has 146 valence electrons. The molecule has 0 spiro atoms. The van der Waals surface area contributed by atoms with Crippen molar-refractivity contribution in [2.24, 2.45) is 0 Å². The van der Waals surface area contributed by atoms with Gasteiger partial charge in [-0.3, -0.25) is 0 Å². The van der Waals surface area contributed by atoms with Crippen LogP contribution in [0.25, 0.3) is 6.08 Å². The van der Waals surface area contributed by atoms with Gasteiger partial charge in [-0.05, 0) is 57.0 Å². The Kier molecular flexibility index (Phi) is 6.59. The molecule has 0 bridgehead atoms. The van der Waals surface area contributed by atoms with Crippen molar-refractivity contribution in [2.45, 2.75) is 59.6 Å². The van der Waals surface area contributed by atoms with Gasteiger partial charge < -0.3 is 14.8 Å². The number of benzene rings is 1. The summed E-state index contributed by atoms with van der Waals surface area (Å²) in [6.07, 6.45) is 7.28. The number of rotatable bonds is 4. The van der Waals surface area contributed by atoms with E-state index in [2.05, 4.69) is 51.7 Å². The van der Waals surface area contributed by atoms with Crippen LogP contribution in [0, 0.1) is 0 Å². The molecule has 0 aromatic heterocycles. The summed E-state index contributed by atoms with van der Waals surface area (Å²) < 4.78 is 11.9. The van der Waals surface area contributed by atoms with E-state index in [0.29, 0.717) is 0 Å². The van der Waals surface area contributed by atoms with Crippen LogP contribution in [0.3, 0.4) is 0 Å². The summed E-state index contributed by atoms with van der Waals surface area (Å²) in [4.78, 5) is 0. The smallest absolute Gasteiger partial charge is 0.131 e. The normalized spacial score (nSPS) is 20.0. The first-order valence-corrected chi connectivity index (χ1v) is 9.80. The summed E-state index contributed by atoms with van der Waals surface area (Å²) in [6, 6.07) is 5.94. The van der Waals surface area contributed by atoms with Crippen molar-refractivity contribution in [3.05, 3.63) is 64.9 Å². The minimum Gasteiger partial charge on any atom is -0.496 e. The molecular formula is C24H33NO2. The maximum absolute atomic E-state index is 6.31. The zero-order chi connectivity index (χ0) is 20.2. The molecule has 1 aromatic carbocycles. The Morgan fingerprint density at radius 3 is 2.59 bits per heavy atom. The first-order valence-electron chi connectivity index (χ1n) is 9.80. The monoisotopic (exact) mass is 367 g/mol. The summed E-state index contributed by atoms with van der Waals surface area (Å²) in [5, 5.41) is 3.57. The van der Waals surface area contributed by atoms with E-state index >= 15 is 0 Å². The molecule has 0 aliphatic carbocycles. The zero-order valence-corrected chi connectivity index (χ0v) is 17.8. The van der Waals surface area contributed by atoms with Gasteiger partial charge in [-0.2, -0.15) is 0 Å². The Bertz CT molecular complexity index is 797. The lowest BCUT2D eigenvalue weighted by Gasteiger charge is -2.36. The average molecular weight is 368 g/mol. The van der Waals surface area contributed by atoms with Crippen molar-refractivity contribution >= 4 is 6.08 Å². The number of nitrogens with one attached hydrogen (secondary N) is 1. The molecule has 3 nitrogen and oxygen atoms in total. The molecule has 1 aromatic rings. The molecule has 27 heavy (non-hydrogen) atoms. The number of methoxy groups -OCH3 is 1. The number of dihydropyridines is 1. The lowest BCUT2D eigenvalue weighted by atomic mass is 9.83. The number of fused-ring (bicyclic) bond motifs is 1. The first kappa shape index (κ1) is 20.9. The van der Waals surface area contributed by atoms with Gasteiger partial charge >= 0.3 is 0 Å². The summed E-state index contributed by atoms with van der Waals surface area (Å²) in [5.74, 6) is 1.71. The second kappa shape index (κ2) is 8.51. The Morgan fingerprint density at radius 1 is 1.30 bits per heavy atom. The van der Waals surface area contributed by atoms with E-state index in [4.69, 9.17) is 9.47 Å². The highest BCUT2D eigenvalue weighted by Crippen LogP contribution is 2.42. The molecule has 2 heterocycles. The number of hydrogen-bond donors (Lipinski definition) is 1. The maximum atomic E-state index is 6.31. The zero-order valence-electron chi connectivity index (χ0n) is 17.8. The van der Waals surface area contributed by atoms with E-state index in [0.717, 1.165) is 29.2 Å². The van der Waals surface area contributed by atoms with Crippen LogP contribution in [0.1, 0.15) is 53.5 Å². The maximum Gasteiger partial charge on any atom is 0.131 e. The SMILES string of the molecule is C=CC1=C(C2=Cc3c(OC)cccc3OC2CC)C(C)=CC(C)(C)N1.CC. The van der Waals surface area contributed by atoms with E-state index in [1.807, 2.05) is 38.1 Å². The van der Waals surface area contributed by atoms with Crippen LogP contribution in [-0.2, 0) is 0 Å². The van der Waals surface area contributed by atoms with Gasteiger partial charge in [0.2, 0.25) is 0 Å². The third kappa shape index (κ3) is 4.13. The number of ether oxygens (including phenoxy) is 2. The average Bonchev–Trinajstić information content (AvgIpc) is 2.66. The van der Waals surface area contributed by atoms with Gasteiger partial charge in [0, 0.05) is 16.8 Å². The summed E-state index contributed by atoms with van der Waals surface area (Å²) in [7, 11) is 1.69. The second-order valence-corrected chi connectivity index (χ2v) is 7.15. The predicted octanol–water partition coefficient (Wildman–Crippen LogP) is 6.04. The molecule has 3 rings (SSSR count). The largest absolute Gasteiger partial charge is 0.496 e. The minimum absolute atomic E-state index is 0.0101. The van der Waals surface area contributed by atoms with E-state index in [9.17, 15) is 0 Å². The van der Waals surface area contributed by atoms with Crippen LogP contribution in [0.2, 0.25) is 0 Å². The van der Waals surface area contributed by atoms with E-state index in [1.165, 1.54) is 16.7 Å². The predicted molar refractivity (Wildman–Crippen MR) is 115 cm³/mol. The highest BCUT2D eigenvalue weighted by atomic mass is 16.5. The molecule has 0 fully saturated rings. The number of allylic oxidation sites excluding steroid dienone is 2. The quantitative estimate of drug-likeness (QED) is 0.703. The van der Waals surface area contributed by atoms with Gasteiger partial charge in [-0.25, -0.2) is 0 Å². The Morgan fingerprint density at radius 2 is 2.00 bits per heavy atom. The Balaban J connectivity index is 0.00000126. The molecule has 3 heteroatoms. The van der Waals surface area contributed by atoms with Gasteiger partial charge in [-0.15, -0.1) is 0 Å². The molecule has 1 atom stereocenters. The molecule has 1 unspecified atom stereocenters. The molecule has 2 aliphatic rings. The molecule has 2 aliphatic heterocycles. The molecule has 1 N–H and O–H groups in total. The highest BCUT2D eigenvalue weighted by Gasteiger charge is 2.31. The van der Waals surface area contributed by atoms with Crippen LogP contribution in [0.4, 0.5) is 0 Å². The fraction of sp³-hybridized carbons (Fsp3) is 0.417. The summed E-state index contributed by atoms with van der Waals surface area (Å²) in [5.41, 5.74) is 5.55. The molecule has 0 saturated heterocycles. The fourth-order valence-electron chi connectivity index (χ4n) is 3.76. The van der Waals surface area contributed by atoms with Crippen molar-refractivity contribution < 1.29 is 9.47 Å². The van der Waals surface area contributed by atoms with E-state index in [1.54, 1.807) is 7.11 Å². The first-order chi connectivity index (χ1) is 12.9. The van der Waals surface area contributed by atoms with Crippen LogP contribution in [0.15, 0.2) is 59.3 Å². The van der Waals surface area contributed by atoms with Crippen molar-refractivity contribution in [3.63, 3.8) is 0 Å². The van der Waals surface area contributed by atoms with Crippen LogP contribution >= 0.6 is 0 Å². The van der Waals surface area contributed by atoms with Crippen molar-refractivity contribution in [1.82, 2.24) is 5.32 Å². The molecule has 0 radical (unpaired) electrons. The number of hydrogen-bond acceptors (Lipinski definition) is 3. The van der Waals surface area contributed by atoms with Crippen LogP contribution < -0.4 is 14.8 Å². The fourth-order valence-corrected chi connectivity index (χ4v) is 3.76. The van der Waals surface area contributed by atoms with Gasteiger partial charge in [-0.1, -0.05) is 39.5 Å². The van der Waals surface area contributed by atoms with Gasteiger partial charge in [0.05, 0.1) is 18.2 Å². The van der Waals surface area contributed by atoms with Gasteiger partial charge in [0.15, 0.2) is 0 Å².